The number of ether oxygens (including phenoxy) is 1. The molecule has 0 aromatic carbocycles. The number of rotatable bonds is 2. The van der Waals surface area contributed by atoms with Crippen molar-refractivity contribution in [2.24, 2.45) is 11.3 Å². The Morgan fingerprint density at radius 3 is 2.73 bits per heavy atom. The molecule has 0 saturated heterocycles. The molecule has 0 bridgehead atoms. The maximum absolute atomic E-state index is 13.2. The summed E-state index contributed by atoms with van der Waals surface area (Å²) in [5.74, 6) is -0.788. The van der Waals surface area contributed by atoms with Gasteiger partial charge in [0.15, 0.2) is 0 Å². The van der Waals surface area contributed by atoms with Crippen LogP contribution in [0, 0.1) is 11.3 Å². The number of carbonyl (C=O) groups excluding carboxylic acids is 1. The Hall–Kier alpha value is -1.12. The van der Waals surface area contributed by atoms with E-state index in [0.29, 0.717) is 12.2 Å². The average molecular weight is 212 g/mol. The molecular weight excluding hydrogens is 195 g/mol. The van der Waals surface area contributed by atoms with Crippen LogP contribution in [0.25, 0.3) is 0 Å². The van der Waals surface area contributed by atoms with Crippen LogP contribution < -0.4 is 0 Å². The van der Waals surface area contributed by atoms with E-state index in [1.54, 1.807) is 6.92 Å². The summed E-state index contributed by atoms with van der Waals surface area (Å²) in [5, 5.41) is 0. The van der Waals surface area contributed by atoms with E-state index in [1.165, 1.54) is 12.2 Å². The first-order valence-corrected chi connectivity index (χ1v) is 5.16. The summed E-state index contributed by atoms with van der Waals surface area (Å²) in [4.78, 5) is 11.6. The summed E-state index contributed by atoms with van der Waals surface area (Å²) in [5.41, 5.74) is 0.0406. The SMILES string of the molecule is CCOC(=O)C1=CC(F)=CC(C)C1(C)C. The fourth-order valence-electron chi connectivity index (χ4n) is 1.60. The van der Waals surface area contributed by atoms with Crippen molar-refractivity contribution in [1.29, 1.82) is 0 Å². The van der Waals surface area contributed by atoms with Crippen LogP contribution in [0.1, 0.15) is 27.7 Å². The lowest BCUT2D eigenvalue weighted by Gasteiger charge is -2.33. The summed E-state index contributed by atoms with van der Waals surface area (Å²) >= 11 is 0. The highest BCUT2D eigenvalue weighted by Gasteiger charge is 2.36. The van der Waals surface area contributed by atoms with E-state index in [9.17, 15) is 9.18 Å². The number of carbonyl (C=O) groups is 1. The fraction of sp³-hybridized carbons (Fsp3) is 0.583. The first kappa shape index (κ1) is 12.0. The van der Waals surface area contributed by atoms with Crippen LogP contribution in [-0.4, -0.2) is 12.6 Å². The van der Waals surface area contributed by atoms with E-state index >= 15 is 0 Å². The van der Waals surface area contributed by atoms with Gasteiger partial charge in [-0.2, -0.15) is 0 Å². The summed E-state index contributed by atoms with van der Waals surface area (Å²) in [6.07, 6.45) is 2.81. The monoisotopic (exact) mass is 212 g/mol. The van der Waals surface area contributed by atoms with Crippen LogP contribution in [0.3, 0.4) is 0 Å². The van der Waals surface area contributed by atoms with Crippen molar-refractivity contribution in [2.75, 3.05) is 6.61 Å². The Balaban J connectivity index is 3.03. The molecule has 3 heteroatoms. The molecule has 0 saturated carbocycles. The number of allylic oxidation sites excluding steroid dienone is 3. The number of esters is 1. The topological polar surface area (TPSA) is 26.3 Å². The second kappa shape index (κ2) is 4.17. The minimum atomic E-state index is -0.419. The van der Waals surface area contributed by atoms with Gasteiger partial charge in [0.1, 0.15) is 5.83 Å². The van der Waals surface area contributed by atoms with Gasteiger partial charge < -0.3 is 4.74 Å². The zero-order valence-electron chi connectivity index (χ0n) is 9.63. The number of halogens is 1. The van der Waals surface area contributed by atoms with E-state index in [1.807, 2.05) is 20.8 Å². The normalized spacial score (nSPS) is 24.2. The molecule has 1 rings (SSSR count). The van der Waals surface area contributed by atoms with Crippen molar-refractivity contribution < 1.29 is 13.9 Å². The average Bonchev–Trinajstić information content (AvgIpc) is 2.12. The van der Waals surface area contributed by atoms with E-state index in [-0.39, 0.29) is 17.2 Å². The molecule has 2 nitrogen and oxygen atoms in total. The van der Waals surface area contributed by atoms with Gasteiger partial charge in [0.05, 0.1) is 6.61 Å². The lowest BCUT2D eigenvalue weighted by molar-refractivity contribution is -0.140. The van der Waals surface area contributed by atoms with Crippen LogP contribution in [0.5, 0.6) is 0 Å². The summed E-state index contributed by atoms with van der Waals surface area (Å²) < 4.78 is 18.1. The molecule has 0 N–H and O–H groups in total. The third-order valence-corrected chi connectivity index (χ3v) is 3.02. The van der Waals surface area contributed by atoms with Crippen molar-refractivity contribution in [3.05, 3.63) is 23.6 Å². The molecule has 1 unspecified atom stereocenters. The molecule has 15 heavy (non-hydrogen) atoms. The van der Waals surface area contributed by atoms with Crippen LogP contribution in [0.15, 0.2) is 23.6 Å². The maximum Gasteiger partial charge on any atom is 0.334 e. The summed E-state index contributed by atoms with van der Waals surface area (Å²) in [6.45, 7) is 7.79. The van der Waals surface area contributed by atoms with Crippen molar-refractivity contribution in [1.82, 2.24) is 0 Å². The van der Waals surface area contributed by atoms with Gasteiger partial charge in [-0.15, -0.1) is 0 Å². The molecule has 1 aliphatic carbocycles. The van der Waals surface area contributed by atoms with Gasteiger partial charge in [0.25, 0.3) is 0 Å². The van der Waals surface area contributed by atoms with Crippen molar-refractivity contribution >= 4 is 5.97 Å². The molecule has 0 spiro atoms. The molecule has 84 valence electrons. The lowest BCUT2D eigenvalue weighted by Crippen LogP contribution is -2.30. The first-order chi connectivity index (χ1) is 6.89. The second-order valence-electron chi connectivity index (χ2n) is 4.34. The molecule has 0 aromatic rings. The standard InChI is InChI=1S/C12H17FO2/c1-5-15-11(14)10-7-9(13)6-8(2)12(10,3)4/h6-8H,5H2,1-4H3. The predicted molar refractivity (Wildman–Crippen MR) is 56.9 cm³/mol. The van der Waals surface area contributed by atoms with Crippen LogP contribution in [0.2, 0.25) is 0 Å². The van der Waals surface area contributed by atoms with Crippen LogP contribution in [0.4, 0.5) is 4.39 Å². The smallest absolute Gasteiger partial charge is 0.334 e. The van der Waals surface area contributed by atoms with E-state index in [0.717, 1.165) is 0 Å². The van der Waals surface area contributed by atoms with Gasteiger partial charge in [0, 0.05) is 11.0 Å². The summed E-state index contributed by atoms with van der Waals surface area (Å²) in [6, 6.07) is 0. The highest BCUT2D eigenvalue weighted by molar-refractivity contribution is 5.90. The Morgan fingerprint density at radius 2 is 2.20 bits per heavy atom. The van der Waals surface area contributed by atoms with Crippen molar-refractivity contribution in [3.8, 4) is 0 Å². The quantitative estimate of drug-likeness (QED) is 0.658. The minimum Gasteiger partial charge on any atom is -0.463 e. The molecule has 0 radical (unpaired) electrons. The van der Waals surface area contributed by atoms with E-state index in [2.05, 4.69) is 0 Å². The van der Waals surface area contributed by atoms with Gasteiger partial charge >= 0.3 is 5.97 Å². The molecule has 0 aromatic heterocycles. The van der Waals surface area contributed by atoms with E-state index < -0.39 is 5.97 Å². The third-order valence-electron chi connectivity index (χ3n) is 3.02. The zero-order chi connectivity index (χ0) is 11.6. The highest BCUT2D eigenvalue weighted by Crippen LogP contribution is 2.40. The Kier molecular flexibility index (Phi) is 3.32. The molecule has 0 aliphatic heterocycles. The van der Waals surface area contributed by atoms with Crippen molar-refractivity contribution in [3.63, 3.8) is 0 Å². The van der Waals surface area contributed by atoms with Gasteiger partial charge in [-0.3, -0.25) is 0 Å². The fourth-order valence-corrected chi connectivity index (χ4v) is 1.60. The Morgan fingerprint density at radius 1 is 1.60 bits per heavy atom. The molecule has 1 atom stereocenters. The Bertz CT molecular complexity index is 327. The third kappa shape index (κ3) is 2.28. The highest BCUT2D eigenvalue weighted by atomic mass is 19.1. The molecule has 0 heterocycles. The van der Waals surface area contributed by atoms with E-state index in [4.69, 9.17) is 4.74 Å². The number of hydrogen-bond acceptors (Lipinski definition) is 2. The molecule has 0 fully saturated rings. The van der Waals surface area contributed by atoms with Gasteiger partial charge in [-0.05, 0) is 25.0 Å². The first-order valence-electron chi connectivity index (χ1n) is 5.16. The largest absolute Gasteiger partial charge is 0.463 e. The van der Waals surface area contributed by atoms with Crippen molar-refractivity contribution in [2.45, 2.75) is 27.7 Å². The van der Waals surface area contributed by atoms with Crippen LogP contribution >= 0.6 is 0 Å². The van der Waals surface area contributed by atoms with Gasteiger partial charge in [-0.25, -0.2) is 9.18 Å². The second-order valence-corrected chi connectivity index (χ2v) is 4.34. The van der Waals surface area contributed by atoms with Crippen LogP contribution in [-0.2, 0) is 9.53 Å². The number of hydrogen-bond donors (Lipinski definition) is 0. The summed E-state index contributed by atoms with van der Waals surface area (Å²) in [7, 11) is 0. The predicted octanol–water partition coefficient (Wildman–Crippen LogP) is 3.01. The van der Waals surface area contributed by atoms with Gasteiger partial charge in [0.2, 0.25) is 0 Å². The molecule has 1 aliphatic rings. The molecular formula is C12H17FO2. The Labute approximate surface area is 89.8 Å². The van der Waals surface area contributed by atoms with Gasteiger partial charge in [-0.1, -0.05) is 20.8 Å². The molecule has 0 amide bonds. The zero-order valence-corrected chi connectivity index (χ0v) is 9.63. The minimum absolute atomic E-state index is 0.0121. The lowest BCUT2D eigenvalue weighted by atomic mass is 9.71. The maximum atomic E-state index is 13.2.